The lowest BCUT2D eigenvalue weighted by Gasteiger charge is -2.19. The number of hydrogen-bond donors (Lipinski definition) is 1. The molecule has 138 valence electrons. The van der Waals surface area contributed by atoms with Crippen LogP contribution < -0.4 is 10.1 Å². The van der Waals surface area contributed by atoms with Gasteiger partial charge in [0.15, 0.2) is 11.5 Å². The number of carbonyl (C=O) groups excluding carboxylic acids is 1. The van der Waals surface area contributed by atoms with Crippen LogP contribution in [0.3, 0.4) is 0 Å². The van der Waals surface area contributed by atoms with E-state index in [-0.39, 0.29) is 12.0 Å². The Bertz CT molecular complexity index is 723. The highest BCUT2D eigenvalue weighted by molar-refractivity contribution is 5.92. The molecule has 6 heteroatoms. The first-order valence-electron chi connectivity index (χ1n) is 9.29. The molecule has 6 nitrogen and oxygen atoms in total. The molecule has 26 heavy (non-hydrogen) atoms. The highest BCUT2D eigenvalue weighted by atomic mass is 16.5. The van der Waals surface area contributed by atoms with Gasteiger partial charge in [-0.2, -0.15) is 0 Å². The summed E-state index contributed by atoms with van der Waals surface area (Å²) in [5.74, 6) is 1.31. The SMILES string of the molecule is CC(C)Oc1ccccc1Nc1ccc(C(=O)N2CCCCCC2)nn1. The van der Waals surface area contributed by atoms with Crippen molar-refractivity contribution in [3.8, 4) is 5.75 Å². The normalized spacial score (nSPS) is 14.8. The summed E-state index contributed by atoms with van der Waals surface area (Å²) in [6.45, 7) is 5.58. The number of benzene rings is 1. The first-order valence-corrected chi connectivity index (χ1v) is 9.29. The molecule has 1 amide bonds. The maximum absolute atomic E-state index is 12.6. The third kappa shape index (κ3) is 4.71. The molecule has 0 radical (unpaired) electrons. The topological polar surface area (TPSA) is 67.3 Å². The van der Waals surface area contributed by atoms with Crippen molar-refractivity contribution in [1.29, 1.82) is 0 Å². The van der Waals surface area contributed by atoms with Crippen LogP contribution in [-0.4, -0.2) is 40.2 Å². The zero-order chi connectivity index (χ0) is 18.4. The molecule has 0 spiro atoms. The molecule has 0 aliphatic carbocycles. The number of carbonyl (C=O) groups is 1. The van der Waals surface area contributed by atoms with Gasteiger partial charge in [-0.3, -0.25) is 4.79 Å². The van der Waals surface area contributed by atoms with Crippen molar-refractivity contribution in [3.63, 3.8) is 0 Å². The lowest BCUT2D eigenvalue weighted by Crippen LogP contribution is -2.32. The Morgan fingerprint density at radius 1 is 1.04 bits per heavy atom. The second kappa shape index (κ2) is 8.65. The molecule has 1 fully saturated rings. The Kier molecular flexibility index (Phi) is 6.04. The van der Waals surface area contributed by atoms with E-state index in [1.165, 1.54) is 12.8 Å². The minimum Gasteiger partial charge on any atom is -0.489 e. The highest BCUT2D eigenvalue weighted by Gasteiger charge is 2.19. The largest absolute Gasteiger partial charge is 0.489 e. The maximum atomic E-state index is 12.6. The molecule has 1 aromatic heterocycles. The molecule has 1 aliphatic heterocycles. The van der Waals surface area contributed by atoms with Gasteiger partial charge in [-0.1, -0.05) is 25.0 Å². The average Bonchev–Trinajstić information content (AvgIpc) is 2.92. The lowest BCUT2D eigenvalue weighted by molar-refractivity contribution is 0.0754. The molecule has 0 bridgehead atoms. The predicted molar refractivity (Wildman–Crippen MR) is 102 cm³/mol. The van der Waals surface area contributed by atoms with E-state index < -0.39 is 0 Å². The molecule has 1 N–H and O–H groups in total. The molecule has 1 aromatic carbocycles. The van der Waals surface area contributed by atoms with Gasteiger partial charge in [0.1, 0.15) is 5.75 Å². The van der Waals surface area contributed by atoms with Gasteiger partial charge in [-0.05, 0) is 51.0 Å². The number of hydrogen-bond acceptors (Lipinski definition) is 5. The smallest absolute Gasteiger partial charge is 0.274 e. The lowest BCUT2D eigenvalue weighted by atomic mass is 10.2. The van der Waals surface area contributed by atoms with Gasteiger partial charge in [-0.15, -0.1) is 10.2 Å². The van der Waals surface area contributed by atoms with Crippen LogP contribution >= 0.6 is 0 Å². The second-order valence-electron chi connectivity index (χ2n) is 6.80. The van der Waals surface area contributed by atoms with Gasteiger partial charge in [0.25, 0.3) is 5.91 Å². The van der Waals surface area contributed by atoms with E-state index >= 15 is 0 Å². The van der Waals surface area contributed by atoms with Gasteiger partial charge < -0.3 is 15.0 Å². The summed E-state index contributed by atoms with van der Waals surface area (Å²) in [4.78, 5) is 14.5. The van der Waals surface area contributed by atoms with Crippen molar-refractivity contribution in [2.45, 2.75) is 45.6 Å². The van der Waals surface area contributed by atoms with Crippen molar-refractivity contribution >= 4 is 17.4 Å². The van der Waals surface area contributed by atoms with E-state index in [1.54, 1.807) is 12.1 Å². The molecule has 3 rings (SSSR count). The van der Waals surface area contributed by atoms with Crippen LogP contribution in [0.5, 0.6) is 5.75 Å². The summed E-state index contributed by atoms with van der Waals surface area (Å²) in [6, 6.07) is 11.2. The van der Waals surface area contributed by atoms with Gasteiger partial charge in [0, 0.05) is 13.1 Å². The minimum atomic E-state index is -0.0329. The molecule has 0 atom stereocenters. The quantitative estimate of drug-likeness (QED) is 0.878. The molecule has 1 aliphatic rings. The standard InChI is InChI=1S/C20H26N4O2/c1-15(2)26-18-10-6-5-9-16(18)21-19-12-11-17(22-23-19)20(25)24-13-7-3-4-8-14-24/h5-6,9-12,15H,3-4,7-8,13-14H2,1-2H3,(H,21,23). The Morgan fingerprint density at radius 3 is 2.42 bits per heavy atom. The van der Waals surface area contributed by atoms with Crippen molar-refractivity contribution in [2.24, 2.45) is 0 Å². The number of para-hydroxylation sites is 2. The monoisotopic (exact) mass is 354 g/mol. The minimum absolute atomic E-state index is 0.0329. The summed E-state index contributed by atoms with van der Waals surface area (Å²) >= 11 is 0. The Balaban J connectivity index is 1.69. The number of aromatic nitrogens is 2. The number of likely N-dealkylation sites (tertiary alicyclic amines) is 1. The maximum Gasteiger partial charge on any atom is 0.274 e. The molecular weight excluding hydrogens is 328 g/mol. The van der Waals surface area contributed by atoms with Crippen molar-refractivity contribution in [2.75, 3.05) is 18.4 Å². The van der Waals surface area contributed by atoms with Crippen LogP contribution in [0, 0.1) is 0 Å². The van der Waals surface area contributed by atoms with E-state index in [0.717, 1.165) is 37.4 Å². The summed E-state index contributed by atoms with van der Waals surface area (Å²) in [5, 5.41) is 11.5. The first kappa shape index (κ1) is 18.2. The molecule has 2 aromatic rings. The average molecular weight is 354 g/mol. The zero-order valence-corrected chi connectivity index (χ0v) is 15.4. The van der Waals surface area contributed by atoms with E-state index in [4.69, 9.17) is 4.74 Å². The zero-order valence-electron chi connectivity index (χ0n) is 15.4. The third-order valence-corrected chi connectivity index (χ3v) is 4.29. The van der Waals surface area contributed by atoms with Gasteiger partial charge in [-0.25, -0.2) is 0 Å². The molecule has 1 saturated heterocycles. The van der Waals surface area contributed by atoms with Gasteiger partial charge in [0.05, 0.1) is 11.8 Å². The van der Waals surface area contributed by atoms with Crippen LogP contribution in [0.4, 0.5) is 11.5 Å². The predicted octanol–water partition coefficient (Wildman–Crippen LogP) is 4.02. The van der Waals surface area contributed by atoms with Crippen molar-refractivity contribution < 1.29 is 9.53 Å². The second-order valence-corrected chi connectivity index (χ2v) is 6.80. The Morgan fingerprint density at radius 2 is 1.77 bits per heavy atom. The van der Waals surface area contributed by atoms with Crippen LogP contribution in [0.2, 0.25) is 0 Å². The fourth-order valence-corrected chi connectivity index (χ4v) is 3.01. The van der Waals surface area contributed by atoms with Crippen molar-refractivity contribution in [3.05, 3.63) is 42.1 Å². The molecular formula is C20H26N4O2. The third-order valence-electron chi connectivity index (χ3n) is 4.29. The fraction of sp³-hybridized carbons (Fsp3) is 0.450. The number of nitrogens with one attached hydrogen (secondary N) is 1. The fourth-order valence-electron chi connectivity index (χ4n) is 3.01. The number of ether oxygens (including phenoxy) is 1. The summed E-state index contributed by atoms with van der Waals surface area (Å²) in [7, 11) is 0. The summed E-state index contributed by atoms with van der Waals surface area (Å²) in [5.41, 5.74) is 1.21. The van der Waals surface area contributed by atoms with E-state index in [9.17, 15) is 4.79 Å². The van der Waals surface area contributed by atoms with Gasteiger partial charge in [0.2, 0.25) is 0 Å². The number of rotatable bonds is 5. The molecule has 0 saturated carbocycles. The summed E-state index contributed by atoms with van der Waals surface area (Å²) < 4.78 is 5.80. The highest BCUT2D eigenvalue weighted by Crippen LogP contribution is 2.27. The van der Waals surface area contributed by atoms with E-state index in [1.807, 2.05) is 43.0 Å². The van der Waals surface area contributed by atoms with Crippen LogP contribution in [0.1, 0.15) is 50.0 Å². The van der Waals surface area contributed by atoms with Crippen LogP contribution in [-0.2, 0) is 0 Å². The molecule has 0 unspecified atom stereocenters. The van der Waals surface area contributed by atoms with E-state index in [0.29, 0.717) is 11.5 Å². The number of nitrogens with zero attached hydrogens (tertiary/aromatic N) is 3. The summed E-state index contributed by atoms with van der Waals surface area (Å²) in [6.07, 6.45) is 4.58. The van der Waals surface area contributed by atoms with Crippen LogP contribution in [0.25, 0.3) is 0 Å². The first-order chi connectivity index (χ1) is 12.6. The van der Waals surface area contributed by atoms with Gasteiger partial charge >= 0.3 is 0 Å². The Hall–Kier alpha value is -2.63. The Labute approximate surface area is 154 Å². The molecule has 2 heterocycles. The number of amides is 1. The van der Waals surface area contributed by atoms with E-state index in [2.05, 4.69) is 15.5 Å². The van der Waals surface area contributed by atoms with Crippen LogP contribution in [0.15, 0.2) is 36.4 Å². The number of anilines is 2. The van der Waals surface area contributed by atoms with Crippen molar-refractivity contribution in [1.82, 2.24) is 15.1 Å².